The van der Waals surface area contributed by atoms with Gasteiger partial charge >= 0.3 is 0 Å². The molecule has 0 aliphatic rings. The first-order valence-corrected chi connectivity index (χ1v) is 8.17. The molecular weight excluding hydrogens is 332 g/mol. The van der Waals surface area contributed by atoms with E-state index in [1.54, 1.807) is 6.92 Å². The van der Waals surface area contributed by atoms with Crippen LogP contribution in [0.1, 0.15) is 39.2 Å². The van der Waals surface area contributed by atoms with Gasteiger partial charge in [-0.05, 0) is 45.5 Å². The molecule has 2 N–H and O–H groups in total. The molecule has 0 aliphatic carbocycles. The molecule has 1 aromatic rings. The van der Waals surface area contributed by atoms with Gasteiger partial charge in [-0.15, -0.1) is 0 Å². The van der Waals surface area contributed by atoms with Crippen molar-refractivity contribution in [2.45, 2.75) is 52.3 Å². The molecule has 4 nitrogen and oxygen atoms in total. The Morgan fingerprint density at radius 2 is 2.10 bits per heavy atom. The molecule has 0 fully saturated rings. The summed E-state index contributed by atoms with van der Waals surface area (Å²) in [5.41, 5.74) is 1.02. The third-order valence-electron chi connectivity index (χ3n) is 3.17. The van der Waals surface area contributed by atoms with E-state index < -0.39 is 6.10 Å². The minimum absolute atomic E-state index is 0.0747. The van der Waals surface area contributed by atoms with E-state index in [4.69, 9.17) is 4.74 Å². The molecule has 1 aromatic carbocycles. The lowest BCUT2D eigenvalue weighted by Crippen LogP contribution is -2.41. The Morgan fingerprint density at radius 3 is 2.71 bits per heavy atom. The van der Waals surface area contributed by atoms with Crippen molar-refractivity contribution in [1.29, 1.82) is 0 Å². The van der Waals surface area contributed by atoms with Crippen LogP contribution < -0.4 is 15.4 Å². The minimum Gasteiger partial charge on any atom is -0.481 e. The van der Waals surface area contributed by atoms with E-state index in [9.17, 15) is 4.79 Å². The molecule has 0 radical (unpaired) electrons. The molecule has 1 amide bonds. The lowest BCUT2D eigenvalue weighted by molar-refractivity contribution is -0.127. The molecule has 21 heavy (non-hydrogen) atoms. The molecule has 5 heteroatoms. The van der Waals surface area contributed by atoms with Crippen molar-refractivity contribution in [2.24, 2.45) is 0 Å². The highest BCUT2D eigenvalue weighted by atomic mass is 79.9. The SMILES string of the molecule is CCCC(C)NC(=O)C(C)Oc1ccc(Br)cc1CNC. The van der Waals surface area contributed by atoms with Gasteiger partial charge in [-0.2, -0.15) is 0 Å². The predicted octanol–water partition coefficient (Wildman–Crippen LogP) is 3.24. The van der Waals surface area contributed by atoms with Crippen LogP contribution >= 0.6 is 15.9 Å². The molecule has 118 valence electrons. The van der Waals surface area contributed by atoms with Crippen molar-refractivity contribution in [1.82, 2.24) is 10.6 Å². The summed E-state index contributed by atoms with van der Waals surface area (Å²) in [5.74, 6) is 0.660. The number of halogens is 1. The third-order valence-corrected chi connectivity index (χ3v) is 3.67. The Kier molecular flexibility index (Phi) is 7.75. The first-order chi connectivity index (χ1) is 9.97. The zero-order valence-corrected chi connectivity index (χ0v) is 14.8. The molecule has 1 rings (SSSR count). The lowest BCUT2D eigenvalue weighted by Gasteiger charge is -2.20. The highest BCUT2D eigenvalue weighted by molar-refractivity contribution is 9.10. The quantitative estimate of drug-likeness (QED) is 0.751. The van der Waals surface area contributed by atoms with E-state index in [1.165, 1.54) is 0 Å². The van der Waals surface area contributed by atoms with Gasteiger partial charge in [-0.3, -0.25) is 4.79 Å². The molecule has 0 spiro atoms. The number of amides is 1. The van der Waals surface area contributed by atoms with Gasteiger partial charge in [0.05, 0.1) is 0 Å². The average Bonchev–Trinajstić information content (AvgIpc) is 2.42. The smallest absolute Gasteiger partial charge is 0.260 e. The maximum Gasteiger partial charge on any atom is 0.260 e. The Morgan fingerprint density at radius 1 is 1.38 bits per heavy atom. The average molecular weight is 357 g/mol. The van der Waals surface area contributed by atoms with Crippen molar-refractivity contribution < 1.29 is 9.53 Å². The van der Waals surface area contributed by atoms with E-state index >= 15 is 0 Å². The normalized spacial score (nSPS) is 13.6. The van der Waals surface area contributed by atoms with Gasteiger partial charge in [-0.1, -0.05) is 29.3 Å². The van der Waals surface area contributed by atoms with Crippen LogP contribution in [0.15, 0.2) is 22.7 Å². The van der Waals surface area contributed by atoms with Crippen LogP contribution in [-0.4, -0.2) is 25.1 Å². The van der Waals surface area contributed by atoms with Crippen LogP contribution in [0.3, 0.4) is 0 Å². The van der Waals surface area contributed by atoms with E-state index in [0.29, 0.717) is 6.54 Å². The molecular formula is C16H25BrN2O2. The largest absolute Gasteiger partial charge is 0.481 e. The summed E-state index contributed by atoms with van der Waals surface area (Å²) in [4.78, 5) is 12.1. The molecule has 0 saturated carbocycles. The highest BCUT2D eigenvalue weighted by Crippen LogP contribution is 2.24. The van der Waals surface area contributed by atoms with Gasteiger partial charge in [-0.25, -0.2) is 0 Å². The van der Waals surface area contributed by atoms with Crippen LogP contribution in [0.5, 0.6) is 5.75 Å². The van der Waals surface area contributed by atoms with E-state index in [-0.39, 0.29) is 11.9 Å². The number of rotatable bonds is 8. The molecule has 0 aliphatic heterocycles. The maximum absolute atomic E-state index is 12.1. The van der Waals surface area contributed by atoms with E-state index in [0.717, 1.165) is 28.6 Å². The summed E-state index contributed by atoms with van der Waals surface area (Å²) < 4.78 is 6.82. The fraction of sp³-hybridized carbons (Fsp3) is 0.562. The second kappa shape index (κ2) is 9.05. The summed E-state index contributed by atoms with van der Waals surface area (Å²) in [7, 11) is 1.88. The van der Waals surface area contributed by atoms with Crippen molar-refractivity contribution in [3.8, 4) is 5.75 Å². The fourth-order valence-electron chi connectivity index (χ4n) is 2.10. The standard InChI is InChI=1S/C16H25BrN2O2/c1-5-6-11(2)19-16(20)12(3)21-15-8-7-14(17)9-13(15)10-18-4/h7-9,11-12,18H,5-6,10H2,1-4H3,(H,19,20). The number of carbonyl (C=O) groups is 1. The van der Waals surface area contributed by atoms with Gasteiger partial charge in [0.25, 0.3) is 5.91 Å². The summed E-state index contributed by atoms with van der Waals surface area (Å²) in [5, 5.41) is 6.08. The summed E-state index contributed by atoms with van der Waals surface area (Å²) in [6.45, 7) is 6.59. The van der Waals surface area contributed by atoms with E-state index in [2.05, 4.69) is 33.5 Å². The number of hydrogen-bond acceptors (Lipinski definition) is 3. The molecule has 2 atom stereocenters. The van der Waals surface area contributed by atoms with Crippen LogP contribution in [0, 0.1) is 0 Å². The monoisotopic (exact) mass is 356 g/mol. The van der Waals surface area contributed by atoms with Gasteiger partial charge in [0.2, 0.25) is 0 Å². The van der Waals surface area contributed by atoms with Crippen LogP contribution in [0.25, 0.3) is 0 Å². The number of nitrogens with one attached hydrogen (secondary N) is 2. The predicted molar refractivity (Wildman–Crippen MR) is 89.5 cm³/mol. The summed E-state index contributed by atoms with van der Waals surface area (Å²) in [6.07, 6.45) is 1.51. The van der Waals surface area contributed by atoms with Crippen LogP contribution in [-0.2, 0) is 11.3 Å². The van der Waals surface area contributed by atoms with Gasteiger partial charge in [0.1, 0.15) is 5.75 Å². The molecule has 0 aromatic heterocycles. The van der Waals surface area contributed by atoms with Crippen molar-refractivity contribution in [3.63, 3.8) is 0 Å². The number of carbonyl (C=O) groups excluding carboxylic acids is 1. The van der Waals surface area contributed by atoms with Crippen molar-refractivity contribution >= 4 is 21.8 Å². The van der Waals surface area contributed by atoms with Gasteiger partial charge < -0.3 is 15.4 Å². The highest BCUT2D eigenvalue weighted by Gasteiger charge is 2.18. The first kappa shape index (κ1) is 18.0. The Labute approximate surface area is 135 Å². The van der Waals surface area contributed by atoms with Crippen LogP contribution in [0.4, 0.5) is 0 Å². The lowest BCUT2D eigenvalue weighted by atomic mass is 10.2. The Hall–Kier alpha value is -1.07. The summed E-state index contributed by atoms with van der Waals surface area (Å²) in [6, 6.07) is 5.97. The fourth-order valence-corrected chi connectivity index (χ4v) is 2.51. The minimum atomic E-state index is -0.513. The van der Waals surface area contributed by atoms with E-state index in [1.807, 2.05) is 32.2 Å². The molecule has 0 bridgehead atoms. The van der Waals surface area contributed by atoms with Crippen molar-refractivity contribution in [2.75, 3.05) is 7.05 Å². The zero-order valence-electron chi connectivity index (χ0n) is 13.2. The number of hydrogen-bond donors (Lipinski definition) is 2. The number of ether oxygens (including phenoxy) is 1. The van der Waals surface area contributed by atoms with Crippen molar-refractivity contribution in [3.05, 3.63) is 28.2 Å². The second-order valence-electron chi connectivity index (χ2n) is 5.24. The Bertz CT molecular complexity index is 466. The topological polar surface area (TPSA) is 50.4 Å². The number of benzene rings is 1. The third kappa shape index (κ3) is 6.06. The zero-order chi connectivity index (χ0) is 15.8. The van der Waals surface area contributed by atoms with Crippen LogP contribution in [0.2, 0.25) is 0 Å². The summed E-state index contributed by atoms with van der Waals surface area (Å²) >= 11 is 3.45. The molecule has 2 unspecified atom stereocenters. The molecule has 0 saturated heterocycles. The Balaban J connectivity index is 2.69. The molecule has 0 heterocycles. The van der Waals surface area contributed by atoms with Gasteiger partial charge in [0.15, 0.2) is 6.10 Å². The first-order valence-electron chi connectivity index (χ1n) is 7.38. The maximum atomic E-state index is 12.1. The second-order valence-corrected chi connectivity index (χ2v) is 6.16. The van der Waals surface area contributed by atoms with Gasteiger partial charge in [0, 0.05) is 22.6 Å².